The molecule has 0 bridgehead atoms. The molecule has 2 heterocycles. The molecule has 1 N–H and O–H groups in total. The third-order valence-electron chi connectivity index (χ3n) is 2.37. The molecular formula is C9H11N5O2S. The van der Waals surface area contributed by atoms with Gasteiger partial charge in [-0.15, -0.1) is 16.4 Å². The predicted molar refractivity (Wildman–Crippen MR) is 60.6 cm³/mol. The molecule has 90 valence electrons. The number of aryl methyl sites for hydroxylation is 1. The first kappa shape index (κ1) is 11.6. The van der Waals surface area contributed by atoms with Crippen LogP contribution in [0.3, 0.4) is 0 Å². The molecule has 0 saturated heterocycles. The van der Waals surface area contributed by atoms with Crippen LogP contribution < -0.4 is 0 Å². The van der Waals surface area contributed by atoms with E-state index in [0.29, 0.717) is 11.5 Å². The van der Waals surface area contributed by atoms with Crippen LogP contribution in [0.4, 0.5) is 0 Å². The molecule has 0 aliphatic rings. The van der Waals surface area contributed by atoms with E-state index in [1.807, 2.05) is 6.92 Å². The standard InChI is InChI=1S/C9H11N5O2S/c1-5-10-6(4-17-5)7-11-12-13-14(7)9(2,3)8(15)16/h4H,1-3H3,(H,15,16). The summed E-state index contributed by atoms with van der Waals surface area (Å²) in [5.41, 5.74) is -0.622. The highest BCUT2D eigenvalue weighted by molar-refractivity contribution is 7.09. The van der Waals surface area contributed by atoms with Gasteiger partial charge in [-0.2, -0.15) is 0 Å². The molecule has 0 radical (unpaired) electrons. The molecule has 2 aromatic rings. The van der Waals surface area contributed by atoms with Gasteiger partial charge in [-0.25, -0.2) is 14.5 Å². The van der Waals surface area contributed by atoms with Crippen molar-refractivity contribution >= 4 is 17.3 Å². The summed E-state index contributed by atoms with van der Waals surface area (Å²) >= 11 is 1.46. The summed E-state index contributed by atoms with van der Waals surface area (Å²) in [6.45, 7) is 4.94. The second-order valence-electron chi connectivity index (χ2n) is 4.03. The topological polar surface area (TPSA) is 93.8 Å². The van der Waals surface area contributed by atoms with Crippen LogP contribution >= 0.6 is 11.3 Å². The number of hydrogen-bond donors (Lipinski definition) is 1. The van der Waals surface area contributed by atoms with Gasteiger partial charge in [0.05, 0.1) is 5.01 Å². The highest BCUT2D eigenvalue weighted by atomic mass is 32.1. The van der Waals surface area contributed by atoms with E-state index >= 15 is 0 Å². The fraction of sp³-hybridized carbons (Fsp3) is 0.444. The fourth-order valence-corrected chi connectivity index (χ4v) is 1.87. The molecule has 0 aliphatic heterocycles. The van der Waals surface area contributed by atoms with Crippen LogP contribution in [0, 0.1) is 6.92 Å². The normalized spacial score (nSPS) is 11.7. The van der Waals surface area contributed by atoms with Crippen LogP contribution in [0.5, 0.6) is 0 Å². The summed E-state index contributed by atoms with van der Waals surface area (Å²) in [5.74, 6) is -0.639. The van der Waals surface area contributed by atoms with Crippen molar-refractivity contribution in [3.8, 4) is 11.5 Å². The van der Waals surface area contributed by atoms with Crippen LogP contribution in [0.1, 0.15) is 18.9 Å². The maximum absolute atomic E-state index is 11.2. The monoisotopic (exact) mass is 253 g/mol. The summed E-state index contributed by atoms with van der Waals surface area (Å²) in [6, 6.07) is 0. The van der Waals surface area contributed by atoms with Crippen molar-refractivity contribution in [2.75, 3.05) is 0 Å². The molecule has 0 aromatic carbocycles. The van der Waals surface area contributed by atoms with Crippen LogP contribution in [-0.2, 0) is 10.3 Å². The third-order valence-corrected chi connectivity index (χ3v) is 3.14. The molecule has 0 amide bonds. The van der Waals surface area contributed by atoms with E-state index in [9.17, 15) is 4.79 Å². The van der Waals surface area contributed by atoms with Crippen molar-refractivity contribution in [1.82, 2.24) is 25.2 Å². The second kappa shape index (κ2) is 3.88. The van der Waals surface area contributed by atoms with Crippen molar-refractivity contribution < 1.29 is 9.90 Å². The van der Waals surface area contributed by atoms with Gasteiger partial charge in [0.1, 0.15) is 5.69 Å². The van der Waals surface area contributed by atoms with Gasteiger partial charge in [0.15, 0.2) is 5.54 Å². The summed E-state index contributed by atoms with van der Waals surface area (Å²) < 4.78 is 1.27. The van der Waals surface area contributed by atoms with Crippen molar-refractivity contribution in [2.24, 2.45) is 0 Å². The molecule has 0 atom stereocenters. The third kappa shape index (κ3) is 1.91. The Balaban J connectivity index is 2.52. The van der Waals surface area contributed by atoms with Crippen molar-refractivity contribution in [1.29, 1.82) is 0 Å². The van der Waals surface area contributed by atoms with Gasteiger partial charge in [0, 0.05) is 5.38 Å². The Bertz CT molecular complexity index is 559. The SMILES string of the molecule is Cc1nc(-c2nnnn2C(C)(C)C(=O)O)cs1. The van der Waals surface area contributed by atoms with E-state index in [0.717, 1.165) is 5.01 Å². The predicted octanol–water partition coefficient (Wildman–Crippen LogP) is 0.925. The number of nitrogens with zero attached hydrogens (tertiary/aromatic N) is 5. The molecule has 0 saturated carbocycles. The number of carboxylic acid groups (broad SMARTS) is 1. The Morgan fingerprint density at radius 3 is 2.76 bits per heavy atom. The minimum atomic E-state index is -1.21. The molecule has 0 fully saturated rings. The van der Waals surface area contributed by atoms with E-state index in [-0.39, 0.29) is 0 Å². The van der Waals surface area contributed by atoms with Crippen LogP contribution in [0.25, 0.3) is 11.5 Å². The first-order chi connectivity index (χ1) is 7.93. The van der Waals surface area contributed by atoms with E-state index in [2.05, 4.69) is 20.5 Å². The Labute approximate surface area is 101 Å². The van der Waals surface area contributed by atoms with E-state index < -0.39 is 11.5 Å². The molecule has 7 nitrogen and oxygen atoms in total. The van der Waals surface area contributed by atoms with Gasteiger partial charge >= 0.3 is 5.97 Å². The first-order valence-electron chi connectivity index (χ1n) is 4.87. The maximum atomic E-state index is 11.2. The average Bonchev–Trinajstić information content (AvgIpc) is 2.84. The molecule has 2 rings (SSSR count). The van der Waals surface area contributed by atoms with Gasteiger partial charge in [-0.05, 0) is 31.2 Å². The quantitative estimate of drug-likeness (QED) is 0.874. The number of aromatic nitrogens is 5. The Morgan fingerprint density at radius 1 is 1.53 bits per heavy atom. The van der Waals surface area contributed by atoms with Gasteiger partial charge in [0.2, 0.25) is 5.82 Å². The first-order valence-corrected chi connectivity index (χ1v) is 5.75. The molecule has 0 aliphatic carbocycles. The Morgan fingerprint density at radius 2 is 2.24 bits per heavy atom. The molecule has 2 aromatic heterocycles. The lowest BCUT2D eigenvalue weighted by molar-refractivity contribution is -0.146. The summed E-state index contributed by atoms with van der Waals surface area (Å²) in [7, 11) is 0. The average molecular weight is 253 g/mol. The highest BCUT2D eigenvalue weighted by Crippen LogP contribution is 2.24. The van der Waals surface area contributed by atoms with Gasteiger partial charge in [-0.3, -0.25) is 0 Å². The summed E-state index contributed by atoms with van der Waals surface area (Å²) in [5, 5.41) is 22.9. The van der Waals surface area contributed by atoms with Crippen molar-refractivity contribution in [2.45, 2.75) is 26.3 Å². The minimum Gasteiger partial charge on any atom is -0.479 e. The molecule has 8 heteroatoms. The maximum Gasteiger partial charge on any atom is 0.331 e. The van der Waals surface area contributed by atoms with Gasteiger partial charge in [-0.1, -0.05) is 0 Å². The minimum absolute atomic E-state index is 0.363. The number of aliphatic carboxylic acids is 1. The summed E-state index contributed by atoms with van der Waals surface area (Å²) in [4.78, 5) is 15.4. The summed E-state index contributed by atoms with van der Waals surface area (Å²) in [6.07, 6.45) is 0. The molecule has 17 heavy (non-hydrogen) atoms. The number of carbonyl (C=O) groups is 1. The number of rotatable bonds is 3. The van der Waals surface area contributed by atoms with Crippen LogP contribution in [0.15, 0.2) is 5.38 Å². The number of tetrazole rings is 1. The van der Waals surface area contributed by atoms with E-state index in [1.165, 1.54) is 29.9 Å². The smallest absolute Gasteiger partial charge is 0.331 e. The van der Waals surface area contributed by atoms with Crippen LogP contribution in [0.2, 0.25) is 0 Å². The van der Waals surface area contributed by atoms with Crippen molar-refractivity contribution in [3.63, 3.8) is 0 Å². The zero-order valence-corrected chi connectivity index (χ0v) is 10.4. The number of hydrogen-bond acceptors (Lipinski definition) is 6. The highest BCUT2D eigenvalue weighted by Gasteiger charge is 2.34. The number of thiazole rings is 1. The zero-order chi connectivity index (χ0) is 12.6. The van der Waals surface area contributed by atoms with Crippen LogP contribution in [-0.4, -0.2) is 36.3 Å². The van der Waals surface area contributed by atoms with E-state index in [1.54, 1.807) is 5.38 Å². The molecule has 0 spiro atoms. The lowest BCUT2D eigenvalue weighted by Gasteiger charge is -2.19. The lowest BCUT2D eigenvalue weighted by atomic mass is 10.1. The lowest BCUT2D eigenvalue weighted by Crippen LogP contribution is -2.37. The Hall–Kier alpha value is -1.83. The molecular weight excluding hydrogens is 242 g/mol. The molecule has 0 unspecified atom stereocenters. The van der Waals surface area contributed by atoms with Crippen molar-refractivity contribution in [3.05, 3.63) is 10.4 Å². The number of carboxylic acids is 1. The van der Waals surface area contributed by atoms with E-state index in [4.69, 9.17) is 5.11 Å². The van der Waals surface area contributed by atoms with Gasteiger partial charge < -0.3 is 5.11 Å². The zero-order valence-electron chi connectivity index (χ0n) is 9.58. The largest absolute Gasteiger partial charge is 0.479 e. The Kier molecular flexibility index (Phi) is 2.66. The fourth-order valence-electron chi connectivity index (χ4n) is 1.28. The second-order valence-corrected chi connectivity index (χ2v) is 5.09. The van der Waals surface area contributed by atoms with Gasteiger partial charge in [0.25, 0.3) is 0 Å².